The number of hydrogen-bond donors (Lipinski definition) is 1. The number of nitrogens with one attached hydrogen (secondary N) is 1. The number of amides is 2. The van der Waals surface area contributed by atoms with Gasteiger partial charge in [0.15, 0.2) is 5.70 Å². The van der Waals surface area contributed by atoms with E-state index in [4.69, 9.17) is 14.2 Å². The van der Waals surface area contributed by atoms with Crippen molar-refractivity contribution in [1.29, 1.82) is 0 Å². The number of aliphatic imine (C=N–C) groups is 1. The van der Waals surface area contributed by atoms with Gasteiger partial charge in [-0.2, -0.15) is 0 Å². The molecule has 1 aliphatic carbocycles. The second-order valence-electron chi connectivity index (χ2n) is 9.73. The monoisotopic (exact) mass is 510 g/mol. The maximum absolute atomic E-state index is 13.8. The zero-order chi connectivity index (χ0) is 26.5. The van der Waals surface area contributed by atoms with E-state index in [1.165, 1.54) is 26.2 Å². The largest absolute Gasteiger partial charge is 0.467 e. The molecule has 2 fully saturated rings. The Hall–Kier alpha value is -3.89. The molecule has 1 saturated carbocycles. The van der Waals surface area contributed by atoms with Crippen LogP contribution in [0, 0.1) is 0 Å². The van der Waals surface area contributed by atoms with Gasteiger partial charge in [-0.15, -0.1) is 0 Å². The first-order chi connectivity index (χ1) is 17.8. The van der Waals surface area contributed by atoms with Gasteiger partial charge in [0.05, 0.1) is 38.4 Å². The van der Waals surface area contributed by atoms with Crippen LogP contribution < -0.4 is 10.2 Å². The van der Waals surface area contributed by atoms with Crippen LogP contribution >= 0.6 is 0 Å². The molecule has 11 heteroatoms. The van der Waals surface area contributed by atoms with Gasteiger partial charge in [0.25, 0.3) is 0 Å². The van der Waals surface area contributed by atoms with Gasteiger partial charge in [-0.3, -0.25) is 4.90 Å². The number of likely N-dealkylation sites (tertiary alicyclic amines) is 1. The van der Waals surface area contributed by atoms with Crippen molar-refractivity contribution in [1.82, 2.24) is 10.2 Å². The molecule has 1 N–H and O–H groups in total. The summed E-state index contributed by atoms with van der Waals surface area (Å²) in [6, 6.07) is 5.18. The summed E-state index contributed by atoms with van der Waals surface area (Å²) in [5.74, 6) is -1.99. The SMILES string of the molecule is COC(=O)C1=C(C(=O)OC)C2N(C)c3ccccc3C23CC(C(=O)OC)N(C(=O)NC2CCCC2)C3=N1. The van der Waals surface area contributed by atoms with E-state index in [1.54, 1.807) is 7.05 Å². The number of benzene rings is 1. The predicted octanol–water partition coefficient (Wildman–Crippen LogP) is 1.65. The van der Waals surface area contributed by atoms with E-state index >= 15 is 0 Å². The Bertz CT molecular complexity index is 1240. The summed E-state index contributed by atoms with van der Waals surface area (Å²) >= 11 is 0. The van der Waals surface area contributed by atoms with E-state index < -0.39 is 41.4 Å². The van der Waals surface area contributed by atoms with Crippen LogP contribution in [0.15, 0.2) is 40.5 Å². The van der Waals surface area contributed by atoms with Crippen molar-refractivity contribution < 1.29 is 33.4 Å². The molecule has 3 heterocycles. The summed E-state index contributed by atoms with van der Waals surface area (Å²) < 4.78 is 15.2. The molecule has 1 aromatic rings. The molecule has 1 saturated heterocycles. The van der Waals surface area contributed by atoms with Crippen molar-refractivity contribution in [3.05, 3.63) is 41.1 Å². The molecule has 3 unspecified atom stereocenters. The Morgan fingerprint density at radius 1 is 1.00 bits per heavy atom. The molecular formula is C26H30N4O7. The van der Waals surface area contributed by atoms with Gasteiger partial charge in [-0.05, 0) is 30.9 Å². The molecule has 0 radical (unpaired) electrons. The highest BCUT2D eigenvalue weighted by Gasteiger charge is 2.67. The van der Waals surface area contributed by atoms with Crippen LogP contribution in [0.4, 0.5) is 10.5 Å². The van der Waals surface area contributed by atoms with Gasteiger partial charge in [0.2, 0.25) is 0 Å². The highest BCUT2D eigenvalue weighted by atomic mass is 16.5. The van der Waals surface area contributed by atoms with Gasteiger partial charge >= 0.3 is 23.9 Å². The minimum atomic E-state index is -1.10. The number of carbonyl (C=O) groups is 4. The Kier molecular flexibility index (Phi) is 6.17. The Morgan fingerprint density at radius 3 is 2.32 bits per heavy atom. The van der Waals surface area contributed by atoms with Crippen molar-refractivity contribution in [3.63, 3.8) is 0 Å². The van der Waals surface area contributed by atoms with E-state index in [9.17, 15) is 19.2 Å². The summed E-state index contributed by atoms with van der Waals surface area (Å²) in [6.45, 7) is 0. The number of anilines is 1. The van der Waals surface area contributed by atoms with E-state index in [1.807, 2.05) is 29.2 Å². The molecule has 37 heavy (non-hydrogen) atoms. The lowest BCUT2D eigenvalue weighted by Crippen LogP contribution is -2.57. The molecule has 196 valence electrons. The lowest BCUT2D eigenvalue weighted by Gasteiger charge is -2.39. The third-order valence-electron chi connectivity index (χ3n) is 7.98. The van der Waals surface area contributed by atoms with E-state index in [-0.39, 0.29) is 29.6 Å². The third kappa shape index (κ3) is 3.51. The van der Waals surface area contributed by atoms with Crippen LogP contribution in [-0.4, -0.2) is 81.2 Å². The van der Waals surface area contributed by atoms with Crippen molar-refractivity contribution >= 4 is 35.5 Å². The summed E-state index contributed by atoms with van der Waals surface area (Å²) in [5, 5.41) is 3.04. The number of rotatable bonds is 4. The highest BCUT2D eigenvalue weighted by Crippen LogP contribution is 2.57. The van der Waals surface area contributed by atoms with Crippen LogP contribution in [0.25, 0.3) is 0 Å². The fraction of sp³-hybridized carbons (Fsp3) is 0.500. The number of hydrogen-bond acceptors (Lipinski definition) is 9. The Balaban J connectivity index is 1.77. The van der Waals surface area contributed by atoms with Gasteiger partial charge in [0.1, 0.15) is 11.9 Å². The third-order valence-corrected chi connectivity index (χ3v) is 7.98. The van der Waals surface area contributed by atoms with E-state index in [0.717, 1.165) is 36.9 Å². The minimum absolute atomic E-state index is 0.0125. The molecule has 11 nitrogen and oxygen atoms in total. The molecule has 3 aliphatic heterocycles. The molecular weight excluding hydrogens is 480 g/mol. The minimum Gasteiger partial charge on any atom is -0.467 e. The summed E-state index contributed by atoms with van der Waals surface area (Å²) in [5.41, 5.74) is 0.233. The number of esters is 3. The molecule has 1 aromatic carbocycles. The number of urea groups is 1. The average Bonchev–Trinajstić information content (AvgIpc) is 3.61. The lowest BCUT2D eigenvalue weighted by atomic mass is 9.69. The van der Waals surface area contributed by atoms with Crippen LogP contribution in [0.1, 0.15) is 37.7 Å². The van der Waals surface area contributed by atoms with E-state index in [2.05, 4.69) is 10.3 Å². The summed E-state index contributed by atoms with van der Waals surface area (Å²) in [7, 11) is 5.48. The summed E-state index contributed by atoms with van der Waals surface area (Å²) in [6.07, 6.45) is 3.81. The molecule has 1 spiro atoms. The van der Waals surface area contributed by atoms with Gasteiger partial charge in [0, 0.05) is 18.8 Å². The number of methoxy groups -OCH3 is 3. The zero-order valence-corrected chi connectivity index (χ0v) is 21.3. The molecule has 0 bridgehead atoms. The van der Waals surface area contributed by atoms with E-state index in [0.29, 0.717) is 0 Å². The molecule has 2 amide bonds. The zero-order valence-electron chi connectivity index (χ0n) is 21.3. The fourth-order valence-corrected chi connectivity index (χ4v) is 6.43. The van der Waals surface area contributed by atoms with Gasteiger partial charge in [-0.1, -0.05) is 31.0 Å². The Morgan fingerprint density at radius 2 is 1.68 bits per heavy atom. The number of para-hydroxylation sites is 1. The quantitative estimate of drug-likeness (QED) is 0.479. The van der Waals surface area contributed by atoms with Crippen LogP contribution in [-0.2, 0) is 34.0 Å². The lowest BCUT2D eigenvalue weighted by molar-refractivity contribution is -0.144. The first-order valence-corrected chi connectivity index (χ1v) is 12.3. The number of likely N-dealkylation sites (N-methyl/N-ethyl adjacent to an activating group) is 1. The predicted molar refractivity (Wildman–Crippen MR) is 132 cm³/mol. The van der Waals surface area contributed by atoms with Gasteiger partial charge in [-0.25, -0.2) is 24.2 Å². The maximum Gasteiger partial charge on any atom is 0.357 e. The van der Waals surface area contributed by atoms with Crippen LogP contribution in [0.3, 0.4) is 0 Å². The van der Waals surface area contributed by atoms with Crippen molar-refractivity contribution in [3.8, 4) is 0 Å². The molecule has 0 aromatic heterocycles. The second kappa shape index (κ2) is 9.20. The van der Waals surface area contributed by atoms with Gasteiger partial charge < -0.3 is 24.4 Å². The van der Waals surface area contributed by atoms with Crippen LogP contribution in [0.2, 0.25) is 0 Å². The number of ether oxygens (including phenoxy) is 3. The number of carbonyl (C=O) groups excluding carboxylic acids is 4. The maximum atomic E-state index is 13.8. The average molecular weight is 511 g/mol. The number of amidine groups is 1. The standard InChI is InChI=1S/C26H30N4O7/c1-29-16-12-8-7-11-15(16)26-13-17(21(31)35-2)30(25(34)27-14-9-5-6-10-14)24(26)28-19(23(33)37-4)18(20(26)29)22(32)36-3/h7-8,11-12,14,17,20H,5-6,9-10,13H2,1-4H3,(H,27,34). The topological polar surface area (TPSA) is 127 Å². The van der Waals surface area contributed by atoms with Crippen LogP contribution in [0.5, 0.6) is 0 Å². The highest BCUT2D eigenvalue weighted by molar-refractivity contribution is 6.17. The second-order valence-corrected chi connectivity index (χ2v) is 9.73. The first kappa shape index (κ1) is 24.8. The first-order valence-electron chi connectivity index (χ1n) is 12.3. The smallest absolute Gasteiger partial charge is 0.357 e. The Labute approximate surface area is 214 Å². The normalized spacial score (nSPS) is 26.2. The number of nitrogens with zero attached hydrogens (tertiary/aromatic N) is 3. The fourth-order valence-electron chi connectivity index (χ4n) is 6.43. The molecule has 5 rings (SSSR count). The molecule has 3 atom stereocenters. The molecule has 4 aliphatic rings. The van der Waals surface area contributed by atoms with Crippen molar-refractivity contribution in [2.75, 3.05) is 33.3 Å². The summed E-state index contributed by atoms with van der Waals surface area (Å²) in [4.78, 5) is 60.8. The number of fused-ring (bicyclic) bond motifs is 1. The van der Waals surface area contributed by atoms with Crippen molar-refractivity contribution in [2.24, 2.45) is 4.99 Å². The van der Waals surface area contributed by atoms with Crippen molar-refractivity contribution in [2.45, 2.75) is 55.6 Å².